The van der Waals surface area contributed by atoms with Gasteiger partial charge in [-0.05, 0) is 24.6 Å². The molecular weight excluding hydrogens is 349 g/mol. The van der Waals surface area contributed by atoms with E-state index in [1.807, 2.05) is 24.4 Å². The van der Waals surface area contributed by atoms with Crippen molar-refractivity contribution in [1.29, 1.82) is 0 Å². The zero-order valence-corrected chi connectivity index (χ0v) is 16.8. The SMILES string of the molecule is CCCCCCCCCCn1cc(C(=O)c2cccc(F)c2)c2ccccc21. The van der Waals surface area contributed by atoms with Gasteiger partial charge >= 0.3 is 0 Å². The van der Waals surface area contributed by atoms with Crippen molar-refractivity contribution in [2.24, 2.45) is 0 Å². The summed E-state index contributed by atoms with van der Waals surface area (Å²) in [6.07, 6.45) is 12.2. The maximum Gasteiger partial charge on any atom is 0.195 e. The molecule has 1 heterocycles. The molecule has 2 aromatic carbocycles. The number of para-hydroxylation sites is 1. The Labute approximate surface area is 167 Å². The van der Waals surface area contributed by atoms with Crippen LogP contribution in [0.4, 0.5) is 4.39 Å². The predicted molar refractivity (Wildman–Crippen MR) is 114 cm³/mol. The maximum atomic E-state index is 13.5. The van der Waals surface area contributed by atoms with Crippen LogP contribution in [-0.2, 0) is 6.54 Å². The van der Waals surface area contributed by atoms with Gasteiger partial charge in [-0.3, -0.25) is 4.79 Å². The summed E-state index contributed by atoms with van der Waals surface area (Å²) < 4.78 is 15.7. The molecule has 3 heteroatoms. The normalized spacial score (nSPS) is 11.2. The molecule has 148 valence electrons. The van der Waals surface area contributed by atoms with Gasteiger partial charge in [0.15, 0.2) is 5.78 Å². The third-order valence-electron chi connectivity index (χ3n) is 5.37. The fourth-order valence-electron chi connectivity index (χ4n) is 3.81. The third kappa shape index (κ3) is 5.09. The Balaban J connectivity index is 1.66. The summed E-state index contributed by atoms with van der Waals surface area (Å²) in [6, 6.07) is 13.9. The summed E-state index contributed by atoms with van der Waals surface area (Å²) in [4.78, 5) is 12.9. The lowest BCUT2D eigenvalue weighted by Crippen LogP contribution is -2.01. The van der Waals surface area contributed by atoms with Gasteiger partial charge in [0.1, 0.15) is 5.82 Å². The van der Waals surface area contributed by atoms with E-state index in [1.54, 1.807) is 12.1 Å². The number of halogens is 1. The number of carbonyl (C=O) groups excluding carboxylic acids is 1. The van der Waals surface area contributed by atoms with Crippen molar-refractivity contribution < 1.29 is 9.18 Å². The lowest BCUT2D eigenvalue weighted by Gasteiger charge is -2.05. The van der Waals surface area contributed by atoms with Gasteiger partial charge in [0.25, 0.3) is 0 Å². The Kier molecular flexibility index (Phi) is 7.41. The topological polar surface area (TPSA) is 22.0 Å². The van der Waals surface area contributed by atoms with Crippen LogP contribution >= 0.6 is 0 Å². The fourth-order valence-corrected chi connectivity index (χ4v) is 3.81. The van der Waals surface area contributed by atoms with Gasteiger partial charge in [-0.1, -0.05) is 82.2 Å². The number of benzene rings is 2. The van der Waals surface area contributed by atoms with Gasteiger partial charge in [-0.15, -0.1) is 0 Å². The van der Waals surface area contributed by atoms with Crippen LogP contribution in [0.25, 0.3) is 10.9 Å². The number of hydrogen-bond donors (Lipinski definition) is 0. The summed E-state index contributed by atoms with van der Waals surface area (Å²) in [6.45, 7) is 3.15. The average Bonchev–Trinajstić information content (AvgIpc) is 3.08. The first-order valence-electron chi connectivity index (χ1n) is 10.6. The second-order valence-corrected chi connectivity index (χ2v) is 7.57. The molecule has 0 atom stereocenters. The van der Waals surface area contributed by atoms with Crippen LogP contribution in [0, 0.1) is 5.82 Å². The number of unbranched alkanes of at least 4 members (excludes halogenated alkanes) is 7. The molecular formula is C25H30FNO. The van der Waals surface area contributed by atoms with Crippen LogP contribution in [-0.4, -0.2) is 10.4 Å². The average molecular weight is 380 g/mol. The summed E-state index contributed by atoms with van der Waals surface area (Å²) in [5.41, 5.74) is 2.13. The van der Waals surface area contributed by atoms with Crippen molar-refractivity contribution in [3.8, 4) is 0 Å². The Hall–Kier alpha value is -2.42. The molecule has 0 bridgehead atoms. The van der Waals surface area contributed by atoms with E-state index in [0.29, 0.717) is 11.1 Å². The molecule has 0 aliphatic rings. The minimum absolute atomic E-state index is 0.120. The molecule has 0 unspecified atom stereocenters. The molecule has 0 radical (unpaired) electrons. The molecule has 0 aliphatic heterocycles. The molecule has 3 aromatic rings. The zero-order valence-electron chi connectivity index (χ0n) is 16.8. The van der Waals surface area contributed by atoms with Crippen molar-refractivity contribution in [2.45, 2.75) is 64.8 Å². The highest BCUT2D eigenvalue weighted by atomic mass is 19.1. The van der Waals surface area contributed by atoms with Gasteiger partial charge < -0.3 is 4.57 Å². The molecule has 0 amide bonds. The largest absolute Gasteiger partial charge is 0.347 e. The monoisotopic (exact) mass is 379 g/mol. The van der Waals surface area contributed by atoms with Gasteiger partial charge in [0.05, 0.1) is 0 Å². The van der Waals surface area contributed by atoms with Crippen LogP contribution in [0.5, 0.6) is 0 Å². The lowest BCUT2D eigenvalue weighted by molar-refractivity contribution is 0.103. The molecule has 0 spiro atoms. The first-order chi connectivity index (χ1) is 13.7. The fraction of sp³-hybridized carbons (Fsp3) is 0.400. The number of rotatable bonds is 11. The highest BCUT2D eigenvalue weighted by Crippen LogP contribution is 2.25. The van der Waals surface area contributed by atoms with Crippen molar-refractivity contribution in [3.05, 3.63) is 71.7 Å². The van der Waals surface area contributed by atoms with E-state index in [0.717, 1.165) is 23.9 Å². The molecule has 3 rings (SSSR count). The van der Waals surface area contributed by atoms with Gasteiger partial charge in [0, 0.05) is 34.8 Å². The van der Waals surface area contributed by atoms with Crippen LogP contribution in [0.1, 0.15) is 74.2 Å². The quantitative estimate of drug-likeness (QED) is 0.256. The molecule has 0 fully saturated rings. The molecule has 0 N–H and O–H groups in total. The summed E-state index contributed by atoms with van der Waals surface area (Å²) in [5, 5.41) is 0.941. The number of hydrogen-bond acceptors (Lipinski definition) is 1. The van der Waals surface area contributed by atoms with E-state index in [2.05, 4.69) is 17.6 Å². The molecule has 2 nitrogen and oxygen atoms in total. The van der Waals surface area contributed by atoms with Gasteiger partial charge in [-0.25, -0.2) is 4.39 Å². The predicted octanol–water partition coefficient (Wildman–Crippen LogP) is 7.15. The maximum absolute atomic E-state index is 13.5. The van der Waals surface area contributed by atoms with Crippen LogP contribution in [0.3, 0.4) is 0 Å². The summed E-state index contributed by atoms with van der Waals surface area (Å²) in [5.74, 6) is -0.501. The Morgan fingerprint density at radius 2 is 1.61 bits per heavy atom. The number of aryl methyl sites for hydroxylation is 1. The molecule has 0 aliphatic carbocycles. The van der Waals surface area contributed by atoms with Gasteiger partial charge in [0.2, 0.25) is 0 Å². The van der Waals surface area contributed by atoms with E-state index in [1.165, 1.54) is 57.1 Å². The van der Waals surface area contributed by atoms with E-state index < -0.39 is 0 Å². The van der Waals surface area contributed by atoms with E-state index in [-0.39, 0.29) is 11.6 Å². The van der Waals surface area contributed by atoms with Crippen LogP contribution < -0.4 is 0 Å². The molecule has 1 aromatic heterocycles. The van der Waals surface area contributed by atoms with E-state index >= 15 is 0 Å². The smallest absolute Gasteiger partial charge is 0.195 e. The minimum atomic E-state index is -0.381. The van der Waals surface area contributed by atoms with Crippen molar-refractivity contribution >= 4 is 16.7 Å². The van der Waals surface area contributed by atoms with Crippen molar-refractivity contribution in [2.75, 3.05) is 0 Å². The number of aromatic nitrogens is 1. The standard InChI is InChI=1S/C25H30FNO/c1-2-3-4-5-6-7-8-11-17-27-19-23(22-15-9-10-16-24(22)27)25(28)20-13-12-14-21(26)18-20/h9-10,12-16,18-19H,2-8,11,17H2,1H3. The number of ketones is 1. The van der Waals surface area contributed by atoms with Gasteiger partial charge in [-0.2, -0.15) is 0 Å². The van der Waals surface area contributed by atoms with Crippen LogP contribution in [0.2, 0.25) is 0 Å². The highest BCUT2D eigenvalue weighted by Gasteiger charge is 2.16. The number of carbonyl (C=O) groups is 1. The number of fused-ring (bicyclic) bond motifs is 1. The Morgan fingerprint density at radius 1 is 0.893 bits per heavy atom. The van der Waals surface area contributed by atoms with Crippen molar-refractivity contribution in [1.82, 2.24) is 4.57 Å². The van der Waals surface area contributed by atoms with Crippen LogP contribution in [0.15, 0.2) is 54.7 Å². The highest BCUT2D eigenvalue weighted by molar-refractivity contribution is 6.16. The second kappa shape index (κ2) is 10.2. The van der Waals surface area contributed by atoms with E-state index in [4.69, 9.17) is 0 Å². The summed E-state index contributed by atoms with van der Waals surface area (Å²) >= 11 is 0. The number of nitrogens with zero attached hydrogens (tertiary/aromatic N) is 1. The minimum Gasteiger partial charge on any atom is -0.347 e. The lowest BCUT2D eigenvalue weighted by atomic mass is 10.0. The Bertz CT molecular complexity index is 912. The Morgan fingerprint density at radius 3 is 2.36 bits per heavy atom. The third-order valence-corrected chi connectivity index (χ3v) is 5.37. The molecule has 0 saturated heterocycles. The first-order valence-corrected chi connectivity index (χ1v) is 10.6. The van der Waals surface area contributed by atoms with E-state index in [9.17, 15) is 9.18 Å². The molecule has 28 heavy (non-hydrogen) atoms. The first kappa shape index (κ1) is 20.3. The zero-order chi connectivity index (χ0) is 19.8. The van der Waals surface area contributed by atoms with Crippen molar-refractivity contribution in [3.63, 3.8) is 0 Å². The second-order valence-electron chi connectivity index (χ2n) is 7.57. The molecule has 0 saturated carbocycles. The summed E-state index contributed by atoms with van der Waals surface area (Å²) in [7, 11) is 0.